The van der Waals surface area contributed by atoms with Crippen LogP contribution in [0.3, 0.4) is 0 Å². The Kier molecular flexibility index (Phi) is 5.09. The summed E-state index contributed by atoms with van der Waals surface area (Å²) in [4.78, 5) is 14.8. The van der Waals surface area contributed by atoms with Gasteiger partial charge < -0.3 is 14.4 Å². The molecule has 2 heterocycles. The maximum atomic E-state index is 11.8. The normalized spacial score (nSPS) is 13.9. The van der Waals surface area contributed by atoms with Crippen LogP contribution in [0.25, 0.3) is 11.4 Å². The maximum absolute atomic E-state index is 11.8. The number of anilines is 2. The van der Waals surface area contributed by atoms with Crippen molar-refractivity contribution < 1.29 is 4.55 Å². The molecule has 146 valence electrons. The van der Waals surface area contributed by atoms with E-state index in [1.165, 1.54) is 0 Å². The van der Waals surface area contributed by atoms with Crippen LogP contribution in [0.4, 0.5) is 11.6 Å². The van der Waals surface area contributed by atoms with Crippen molar-refractivity contribution in [2.24, 2.45) is 0 Å². The number of fused-ring (bicyclic) bond motifs is 3. The quantitative estimate of drug-likeness (QED) is 0.643. The minimum absolute atomic E-state index is 0.314. The Hall–Kier alpha value is -2.42. The molecule has 28 heavy (non-hydrogen) atoms. The molecule has 0 aliphatic heterocycles. The van der Waals surface area contributed by atoms with Gasteiger partial charge in [-0.3, -0.25) is 0 Å². The molecule has 1 atom stereocenters. The van der Waals surface area contributed by atoms with Gasteiger partial charge >= 0.3 is 0 Å². The summed E-state index contributed by atoms with van der Waals surface area (Å²) < 4.78 is 16.8. The van der Waals surface area contributed by atoms with E-state index < -0.39 is 11.4 Å². The van der Waals surface area contributed by atoms with Gasteiger partial charge in [0.25, 0.3) is 0 Å². The van der Waals surface area contributed by atoms with E-state index in [4.69, 9.17) is 9.97 Å². The van der Waals surface area contributed by atoms with Gasteiger partial charge in [0, 0.05) is 25.0 Å². The van der Waals surface area contributed by atoms with Gasteiger partial charge in [-0.15, -0.1) is 4.72 Å². The molecule has 3 aromatic rings. The van der Waals surface area contributed by atoms with Crippen molar-refractivity contribution in [3.63, 3.8) is 0 Å². The summed E-state index contributed by atoms with van der Waals surface area (Å²) in [6, 6.07) is 7.71. The summed E-state index contributed by atoms with van der Waals surface area (Å²) in [6.45, 7) is 6.38. The number of hydrogen-bond donors (Lipinski definition) is 2. The van der Waals surface area contributed by atoms with E-state index in [1.807, 2.05) is 30.5 Å². The Morgan fingerprint density at radius 2 is 1.89 bits per heavy atom. The number of nitrogens with one attached hydrogen (secondary N) is 2. The predicted octanol–water partition coefficient (Wildman–Crippen LogP) is 3.31. The Morgan fingerprint density at radius 1 is 1.14 bits per heavy atom. The van der Waals surface area contributed by atoms with Crippen molar-refractivity contribution in [3.05, 3.63) is 47.5 Å². The summed E-state index contributed by atoms with van der Waals surface area (Å²) in [5.74, 6) is 1.57. The van der Waals surface area contributed by atoms with Crippen molar-refractivity contribution in [1.82, 2.24) is 24.2 Å². The zero-order valence-corrected chi connectivity index (χ0v) is 17.3. The van der Waals surface area contributed by atoms with Crippen LogP contribution in [-0.2, 0) is 24.2 Å². The lowest BCUT2D eigenvalue weighted by molar-refractivity contribution is 0.586. The van der Waals surface area contributed by atoms with E-state index in [-0.39, 0.29) is 0 Å². The van der Waals surface area contributed by atoms with Gasteiger partial charge in [-0.05, 0) is 63.4 Å². The second-order valence-corrected chi connectivity index (χ2v) is 8.52. The molecule has 1 aliphatic carbocycles. The lowest BCUT2D eigenvalue weighted by Gasteiger charge is -2.20. The molecule has 2 N–H and O–H groups in total. The Labute approximate surface area is 168 Å². The van der Waals surface area contributed by atoms with Crippen molar-refractivity contribution in [2.75, 3.05) is 12.4 Å². The third-order valence-corrected chi connectivity index (χ3v) is 5.98. The lowest BCUT2D eigenvalue weighted by Crippen LogP contribution is -2.18. The molecular weight excluding hydrogens is 372 g/mol. The van der Waals surface area contributed by atoms with E-state index in [2.05, 4.69) is 40.4 Å². The summed E-state index contributed by atoms with van der Waals surface area (Å²) in [7, 11) is 1.67. The SMILES string of the molecule is CN[S+]([O-])c1ccc(Nc2ncc3c(n2)-c2c(nc(C)n2C(C)C)CC3)cc1. The minimum atomic E-state index is -1.20. The first-order valence-corrected chi connectivity index (χ1v) is 10.5. The van der Waals surface area contributed by atoms with Crippen LogP contribution in [-0.4, -0.2) is 31.1 Å². The van der Waals surface area contributed by atoms with Gasteiger partial charge in [0.15, 0.2) is 4.90 Å². The molecule has 0 spiro atoms. The second-order valence-electron chi connectivity index (χ2n) is 7.11. The molecule has 0 amide bonds. The van der Waals surface area contributed by atoms with Gasteiger partial charge in [0.05, 0.1) is 28.4 Å². The monoisotopic (exact) mass is 396 g/mol. The van der Waals surface area contributed by atoms with Gasteiger partial charge in [-0.2, -0.15) is 0 Å². The smallest absolute Gasteiger partial charge is 0.227 e. The van der Waals surface area contributed by atoms with E-state index in [0.29, 0.717) is 12.0 Å². The van der Waals surface area contributed by atoms with Crippen molar-refractivity contribution in [1.29, 1.82) is 0 Å². The van der Waals surface area contributed by atoms with Crippen LogP contribution in [0.2, 0.25) is 0 Å². The molecule has 0 saturated carbocycles. The fourth-order valence-corrected chi connectivity index (χ4v) is 4.30. The number of imidazole rings is 1. The summed E-state index contributed by atoms with van der Waals surface area (Å²) >= 11 is -1.20. The Balaban J connectivity index is 1.67. The summed E-state index contributed by atoms with van der Waals surface area (Å²) in [5, 5.41) is 3.25. The van der Waals surface area contributed by atoms with E-state index in [9.17, 15) is 4.55 Å². The highest BCUT2D eigenvalue weighted by Gasteiger charge is 2.26. The van der Waals surface area contributed by atoms with E-state index >= 15 is 0 Å². The van der Waals surface area contributed by atoms with Gasteiger partial charge in [0.2, 0.25) is 5.95 Å². The molecule has 1 aliphatic rings. The van der Waals surface area contributed by atoms with Crippen LogP contribution >= 0.6 is 0 Å². The highest BCUT2D eigenvalue weighted by atomic mass is 32.2. The molecular formula is C20H24N6OS. The number of hydrogen-bond acceptors (Lipinski definition) is 6. The van der Waals surface area contributed by atoms with Gasteiger partial charge in [0.1, 0.15) is 5.82 Å². The molecule has 7 nitrogen and oxygen atoms in total. The Bertz CT molecular complexity index is 999. The van der Waals surface area contributed by atoms with Crippen molar-refractivity contribution in [3.8, 4) is 11.4 Å². The molecule has 4 rings (SSSR count). The average molecular weight is 397 g/mol. The third kappa shape index (κ3) is 3.39. The number of nitrogens with zero attached hydrogens (tertiary/aromatic N) is 4. The zero-order valence-electron chi connectivity index (χ0n) is 16.5. The summed E-state index contributed by atoms with van der Waals surface area (Å²) in [5.41, 5.74) is 5.18. The topological polar surface area (TPSA) is 90.7 Å². The van der Waals surface area contributed by atoms with Gasteiger partial charge in [-0.1, -0.05) is 0 Å². The largest absolute Gasteiger partial charge is 0.593 e. The Morgan fingerprint density at radius 3 is 2.57 bits per heavy atom. The highest BCUT2D eigenvalue weighted by molar-refractivity contribution is 7.89. The molecule has 1 aromatic carbocycles. The zero-order chi connectivity index (χ0) is 19.8. The van der Waals surface area contributed by atoms with Crippen LogP contribution < -0.4 is 10.0 Å². The number of aryl methyl sites for hydroxylation is 3. The maximum Gasteiger partial charge on any atom is 0.227 e. The first-order valence-electron chi connectivity index (χ1n) is 9.38. The first-order chi connectivity index (χ1) is 13.5. The third-order valence-electron chi connectivity index (χ3n) is 4.91. The van der Waals surface area contributed by atoms with Crippen LogP contribution in [0.1, 0.15) is 37.0 Å². The highest BCUT2D eigenvalue weighted by Crippen LogP contribution is 2.35. The lowest BCUT2D eigenvalue weighted by atomic mass is 9.97. The first kappa shape index (κ1) is 18.9. The van der Waals surface area contributed by atoms with Crippen molar-refractivity contribution >= 4 is 23.0 Å². The van der Waals surface area contributed by atoms with E-state index in [0.717, 1.165) is 51.9 Å². The van der Waals surface area contributed by atoms with Crippen LogP contribution in [0, 0.1) is 6.92 Å². The van der Waals surface area contributed by atoms with Gasteiger partial charge in [-0.25, -0.2) is 15.0 Å². The fraction of sp³-hybridized carbons (Fsp3) is 0.350. The molecule has 0 saturated heterocycles. The fourth-order valence-electron chi connectivity index (χ4n) is 3.68. The predicted molar refractivity (Wildman–Crippen MR) is 111 cm³/mol. The minimum Gasteiger partial charge on any atom is -0.593 e. The average Bonchev–Trinajstić information content (AvgIpc) is 3.04. The second kappa shape index (κ2) is 7.54. The van der Waals surface area contributed by atoms with Crippen LogP contribution in [0.15, 0.2) is 35.4 Å². The molecule has 0 fully saturated rings. The summed E-state index contributed by atoms with van der Waals surface area (Å²) in [6.07, 6.45) is 3.73. The molecule has 0 radical (unpaired) electrons. The van der Waals surface area contributed by atoms with Crippen LogP contribution in [0.5, 0.6) is 0 Å². The molecule has 1 unspecified atom stereocenters. The number of aromatic nitrogens is 4. The molecule has 0 bridgehead atoms. The van der Waals surface area contributed by atoms with E-state index in [1.54, 1.807) is 7.05 Å². The number of rotatable bonds is 5. The molecule has 8 heteroatoms. The number of benzene rings is 1. The standard InChI is InChI=1S/C20H24N6OS/c1-12(2)26-13(3)23-17-10-5-14-11-22-20(25-18(14)19(17)26)24-15-6-8-16(9-7-15)28(27)21-4/h6-9,11-12,21H,5,10H2,1-4H3,(H,22,24,25). The van der Waals surface area contributed by atoms with Crippen molar-refractivity contribution in [2.45, 2.75) is 44.6 Å². The molecule has 2 aromatic heterocycles.